The van der Waals surface area contributed by atoms with Crippen LogP contribution in [0.1, 0.15) is 50.7 Å². The summed E-state index contributed by atoms with van der Waals surface area (Å²) in [4.78, 5) is 68.6. The number of nitrogens with one attached hydrogen (secondary N) is 2. The van der Waals surface area contributed by atoms with Gasteiger partial charge in [-0.1, -0.05) is 17.7 Å². The molecule has 0 aromatic heterocycles. The third kappa shape index (κ3) is 7.07. The maximum atomic E-state index is 14.7. The number of nitrogens with zero attached hydrogens (tertiary/aromatic N) is 3. The number of likely N-dealkylation sites (tertiary alicyclic amines) is 1. The lowest BCUT2D eigenvalue weighted by molar-refractivity contribution is -0.123. The number of halogens is 5. The number of carboxylic acids is 1. The van der Waals surface area contributed by atoms with Crippen molar-refractivity contribution >= 4 is 48.6 Å². The summed E-state index contributed by atoms with van der Waals surface area (Å²) < 4.78 is 62.2. The van der Waals surface area contributed by atoms with E-state index in [2.05, 4.69) is 10.6 Å². The zero-order chi connectivity index (χ0) is 40.9. The van der Waals surface area contributed by atoms with Crippen LogP contribution in [-0.2, 0) is 11.2 Å². The van der Waals surface area contributed by atoms with E-state index < -0.39 is 129 Å². The number of imide groups is 1. The number of urea groups is 2. The van der Waals surface area contributed by atoms with Crippen LogP contribution in [0.15, 0.2) is 24.3 Å². The summed E-state index contributed by atoms with van der Waals surface area (Å²) in [6.07, 6.45) is -0.0912. The lowest BCUT2D eigenvalue weighted by atomic mass is 9.72. The van der Waals surface area contributed by atoms with Crippen molar-refractivity contribution in [3.8, 4) is 28.7 Å². The highest BCUT2D eigenvalue weighted by atomic mass is 35.5. The molecule has 296 valence electrons. The Morgan fingerprint density at radius 1 is 0.911 bits per heavy atom. The molecule has 0 unspecified atom stereocenters. The lowest BCUT2D eigenvalue weighted by Crippen LogP contribution is -2.56. The molecule has 23 heteroatoms. The zero-order valence-electron chi connectivity index (χ0n) is 28.4. The molecule has 2 saturated heterocycles. The van der Waals surface area contributed by atoms with Gasteiger partial charge in [0.1, 0.15) is 23.2 Å². The van der Waals surface area contributed by atoms with Crippen LogP contribution in [0.25, 0.3) is 0 Å². The number of hydrogen-bond acceptors (Lipinski definition) is 11. The Hall–Kier alpha value is -6.16. The summed E-state index contributed by atoms with van der Waals surface area (Å²) in [6.45, 7) is -0.380. The van der Waals surface area contributed by atoms with Crippen LogP contribution >= 0.6 is 11.6 Å². The van der Waals surface area contributed by atoms with E-state index in [9.17, 15) is 72.1 Å². The van der Waals surface area contributed by atoms with E-state index in [0.717, 1.165) is 17.0 Å². The van der Waals surface area contributed by atoms with E-state index in [-0.39, 0.29) is 51.0 Å². The second kappa shape index (κ2) is 15.2. The van der Waals surface area contributed by atoms with E-state index >= 15 is 0 Å². The van der Waals surface area contributed by atoms with Crippen LogP contribution in [0.5, 0.6) is 28.7 Å². The number of benzene rings is 3. The number of aromatic carboxylic acids is 1. The van der Waals surface area contributed by atoms with Crippen LogP contribution in [-0.4, -0.2) is 120 Å². The first-order valence-corrected chi connectivity index (χ1v) is 17.0. The minimum absolute atomic E-state index is 0.0324. The van der Waals surface area contributed by atoms with Crippen molar-refractivity contribution in [1.82, 2.24) is 25.3 Å². The Morgan fingerprint density at radius 2 is 1.59 bits per heavy atom. The molecule has 2 fully saturated rings. The Bertz CT molecular complexity index is 2180. The molecule has 6 amide bonds. The van der Waals surface area contributed by atoms with Crippen LogP contribution in [0, 0.1) is 23.3 Å². The summed E-state index contributed by atoms with van der Waals surface area (Å²) in [6, 6.07) is -1.61. The van der Waals surface area contributed by atoms with Gasteiger partial charge in [-0.2, -0.15) is 4.39 Å². The Morgan fingerprint density at radius 3 is 2.25 bits per heavy atom. The number of rotatable bonds is 7. The van der Waals surface area contributed by atoms with Gasteiger partial charge in [-0.25, -0.2) is 32.5 Å². The molecule has 56 heavy (non-hydrogen) atoms. The molecule has 3 aromatic carbocycles. The fourth-order valence-electron chi connectivity index (χ4n) is 6.74. The van der Waals surface area contributed by atoms with Crippen molar-refractivity contribution in [3.05, 3.63) is 74.8 Å². The highest BCUT2D eigenvalue weighted by molar-refractivity contribution is 6.47. The van der Waals surface area contributed by atoms with Crippen molar-refractivity contribution < 1.29 is 76.7 Å². The van der Waals surface area contributed by atoms with Crippen molar-refractivity contribution in [1.29, 1.82) is 0 Å². The van der Waals surface area contributed by atoms with Gasteiger partial charge in [0, 0.05) is 37.8 Å². The monoisotopic (exact) mass is 809 g/mol. The number of piperidine rings is 1. The van der Waals surface area contributed by atoms with Gasteiger partial charge in [0.25, 0.3) is 5.91 Å². The molecule has 3 aliphatic heterocycles. The molecule has 3 aliphatic rings. The number of amides is 6. The summed E-state index contributed by atoms with van der Waals surface area (Å²) in [7, 11) is -1.98. The number of fused-ring (bicyclic) bond motifs is 1. The number of phenolic OH excluding ortho intramolecular Hbond substituents is 4. The molecule has 0 radical (unpaired) electrons. The minimum Gasteiger partial charge on any atom is -0.534 e. The zero-order valence-corrected chi connectivity index (χ0v) is 29.2. The van der Waals surface area contributed by atoms with Crippen molar-refractivity contribution in [2.45, 2.75) is 37.3 Å². The van der Waals surface area contributed by atoms with E-state index in [1.807, 2.05) is 0 Å². The summed E-state index contributed by atoms with van der Waals surface area (Å²) in [5.74, 6) is -16.7. The summed E-state index contributed by atoms with van der Waals surface area (Å²) in [5, 5.41) is 63.2. The predicted octanol–water partition coefficient (Wildman–Crippen LogP) is 2.35. The van der Waals surface area contributed by atoms with Gasteiger partial charge in [-0.3, -0.25) is 9.59 Å². The van der Waals surface area contributed by atoms with Crippen LogP contribution in [0.4, 0.5) is 27.2 Å². The largest absolute Gasteiger partial charge is 0.547 e. The van der Waals surface area contributed by atoms with Crippen LogP contribution < -0.4 is 15.3 Å². The van der Waals surface area contributed by atoms with Gasteiger partial charge >= 0.3 is 25.1 Å². The van der Waals surface area contributed by atoms with Crippen LogP contribution in [0.3, 0.4) is 0 Å². The number of carbonyl (C=O) groups excluding carboxylic acids is 4. The fourth-order valence-corrected chi connectivity index (χ4v) is 6.99. The van der Waals surface area contributed by atoms with E-state index in [1.54, 1.807) is 0 Å². The number of carboxylic acid groups (broad SMARTS) is 1. The first-order valence-electron chi connectivity index (χ1n) is 16.6. The minimum atomic E-state index is -2.03. The molecule has 6 rings (SSSR count). The fraction of sp³-hybridized carbons (Fsp3) is 0.303. The Balaban J connectivity index is 1.17. The highest BCUT2D eigenvalue weighted by Gasteiger charge is 2.43. The molecule has 3 aromatic rings. The molecule has 0 bridgehead atoms. The first-order chi connectivity index (χ1) is 26.4. The normalized spacial score (nSPS) is 17.7. The average molecular weight is 810 g/mol. The maximum Gasteiger partial charge on any atom is 0.547 e. The van der Waals surface area contributed by atoms with E-state index in [4.69, 9.17) is 16.3 Å². The smallest absolute Gasteiger partial charge is 0.534 e. The quantitative estimate of drug-likeness (QED) is 0.0974. The summed E-state index contributed by atoms with van der Waals surface area (Å²) >= 11 is 6.16. The molecular weight excluding hydrogens is 781 g/mol. The van der Waals surface area contributed by atoms with Gasteiger partial charge in [-0.15, -0.1) is 0 Å². The third-order valence-electron chi connectivity index (χ3n) is 9.66. The van der Waals surface area contributed by atoms with Gasteiger partial charge in [0.2, 0.25) is 11.7 Å². The molecule has 3 heterocycles. The van der Waals surface area contributed by atoms with Gasteiger partial charge < -0.3 is 55.6 Å². The Labute approximate surface area is 317 Å². The SMILES string of the molecule is O=C(O)c1c(F)ccc2c1OB(O)[C@@H](NC(=O)[C@H](NC(=O)N1CCN(C3CCN(C(=O)c4cc(O)c(F)c(O)c4F)CC3)C1=O)c1cc(F)c(O)c(O)c1Cl)C2. The first kappa shape index (κ1) is 39.5. The molecule has 0 spiro atoms. The van der Waals surface area contributed by atoms with Crippen molar-refractivity contribution in [3.63, 3.8) is 0 Å². The predicted molar refractivity (Wildman–Crippen MR) is 181 cm³/mol. The second-order valence-corrected chi connectivity index (χ2v) is 13.3. The lowest BCUT2D eigenvalue weighted by Gasteiger charge is -2.36. The number of aromatic hydroxyl groups is 4. The molecule has 2 atom stereocenters. The standard InChI is InChI=1S/C33H29BClF4N5O12/c35-21-14(10-17(37)25(46)26(21)47)24(29(49)40-19-9-12-1-2-16(36)20(31(51)52)28(12)56-34(19)55)41-32(53)44-8-7-43(33(44)54)13-3-5-42(6-4-13)30(50)15-11-18(45)23(39)27(48)22(15)38/h1-2,10-11,13,19,24,45-48,55H,3-9H2,(H,40,49)(H,41,53)(H,51,52)/t19-,24+/m0/s1. The van der Waals surface area contributed by atoms with Crippen molar-refractivity contribution in [2.24, 2.45) is 0 Å². The number of hydrogen-bond donors (Lipinski definition) is 8. The van der Waals surface area contributed by atoms with Crippen LogP contribution in [0.2, 0.25) is 5.02 Å². The van der Waals surface area contributed by atoms with Gasteiger partial charge in [-0.05, 0) is 43.0 Å². The number of phenols is 4. The number of carbonyl (C=O) groups is 5. The third-order valence-corrected chi connectivity index (χ3v) is 10.1. The molecular formula is C33H29BClF4N5O12. The van der Waals surface area contributed by atoms with Crippen molar-refractivity contribution in [2.75, 3.05) is 26.2 Å². The van der Waals surface area contributed by atoms with Gasteiger partial charge in [0.05, 0.1) is 16.5 Å². The summed E-state index contributed by atoms with van der Waals surface area (Å²) in [5.41, 5.74) is -2.19. The van der Waals surface area contributed by atoms with E-state index in [1.165, 1.54) is 4.90 Å². The molecule has 0 saturated carbocycles. The second-order valence-electron chi connectivity index (χ2n) is 13.0. The average Bonchev–Trinajstić information content (AvgIpc) is 3.56. The van der Waals surface area contributed by atoms with Gasteiger partial charge in [0.15, 0.2) is 34.6 Å². The highest BCUT2D eigenvalue weighted by Crippen LogP contribution is 2.41. The maximum absolute atomic E-state index is 14.7. The topological polar surface area (TPSA) is 250 Å². The van der Waals surface area contributed by atoms with E-state index in [0.29, 0.717) is 17.0 Å². The molecule has 17 nitrogen and oxygen atoms in total. The Kier molecular flexibility index (Phi) is 10.7. The molecule has 8 N–H and O–H groups in total. The molecule has 0 aliphatic carbocycles.